The number of unbranched alkanes of at least 4 members (excludes halogenated alkanes) is 14. The molecule has 0 atom stereocenters. The van der Waals surface area contributed by atoms with Crippen LogP contribution in [0.4, 0.5) is 4.79 Å². The molecule has 0 radical (unpaired) electrons. The van der Waals surface area contributed by atoms with Gasteiger partial charge in [-0.05, 0) is 6.42 Å². The van der Waals surface area contributed by atoms with Gasteiger partial charge in [-0.15, -0.1) is 0 Å². The van der Waals surface area contributed by atoms with Crippen molar-refractivity contribution >= 4 is 12.1 Å². The van der Waals surface area contributed by atoms with Gasteiger partial charge in [0.1, 0.15) is 0 Å². The number of hydrogen-bond acceptors (Lipinski definition) is 3. The first kappa shape index (κ1) is 22.9. The van der Waals surface area contributed by atoms with Crippen LogP contribution in [0.2, 0.25) is 0 Å². The predicted molar refractivity (Wildman–Crippen MR) is 100 cm³/mol. The second-order valence-electron chi connectivity index (χ2n) is 6.71. The van der Waals surface area contributed by atoms with Gasteiger partial charge < -0.3 is 10.1 Å². The molecule has 0 aromatic carbocycles. The number of nitrogens with one attached hydrogen (secondary N) is 1. The van der Waals surface area contributed by atoms with Gasteiger partial charge in [-0.1, -0.05) is 96.8 Å². The summed E-state index contributed by atoms with van der Waals surface area (Å²) in [5, 5.41) is 2.27. The molecule has 0 bridgehead atoms. The highest BCUT2D eigenvalue weighted by molar-refractivity contribution is 5.84. The minimum atomic E-state index is -0.666. The van der Waals surface area contributed by atoms with E-state index in [0.29, 0.717) is 6.42 Å². The summed E-state index contributed by atoms with van der Waals surface area (Å²) >= 11 is 0. The summed E-state index contributed by atoms with van der Waals surface area (Å²) in [6, 6.07) is 0. The van der Waals surface area contributed by atoms with Crippen LogP contribution in [-0.2, 0) is 9.53 Å². The van der Waals surface area contributed by atoms with E-state index in [-0.39, 0.29) is 0 Å². The molecule has 0 aliphatic carbocycles. The van der Waals surface area contributed by atoms with E-state index in [2.05, 4.69) is 17.0 Å². The molecule has 1 N–H and O–H groups in total. The molecule has 0 saturated heterocycles. The molecule has 0 rings (SSSR count). The third kappa shape index (κ3) is 17.3. The summed E-state index contributed by atoms with van der Waals surface area (Å²) in [6.45, 7) is 2.27. The lowest BCUT2D eigenvalue weighted by Gasteiger charge is -2.04. The molecule has 0 saturated carbocycles. The van der Waals surface area contributed by atoms with Crippen molar-refractivity contribution in [3.05, 3.63) is 0 Å². The van der Waals surface area contributed by atoms with Crippen molar-refractivity contribution in [1.82, 2.24) is 5.32 Å². The smallest absolute Gasteiger partial charge is 0.376 e. The lowest BCUT2D eigenvalue weighted by atomic mass is 10.0. The van der Waals surface area contributed by atoms with E-state index in [9.17, 15) is 9.59 Å². The highest BCUT2D eigenvalue weighted by Gasteiger charge is 2.07. The maximum Gasteiger partial charge on any atom is 0.414 e. The molecule has 4 nitrogen and oxygen atoms in total. The first-order chi connectivity index (χ1) is 11.7. The third-order valence-electron chi connectivity index (χ3n) is 4.40. The Kier molecular flexibility index (Phi) is 17.5. The SMILES string of the molecule is CCCCCCCCCCCCCCCCCC(=O)OC(=O)NC. The van der Waals surface area contributed by atoms with Crippen LogP contribution in [-0.4, -0.2) is 19.1 Å². The largest absolute Gasteiger partial charge is 0.414 e. The standard InChI is InChI=1S/C20H39NO3/c1-3-4-5-6-7-8-9-10-11-12-13-14-15-16-17-18-19(22)24-20(23)21-2/h3-18H2,1-2H3,(H,21,23). The zero-order valence-electron chi connectivity index (χ0n) is 16.0. The van der Waals surface area contributed by atoms with E-state index in [4.69, 9.17) is 0 Å². The van der Waals surface area contributed by atoms with Crippen molar-refractivity contribution in [2.24, 2.45) is 0 Å². The Hall–Kier alpha value is -1.06. The van der Waals surface area contributed by atoms with Crippen LogP contribution in [0.15, 0.2) is 0 Å². The molecule has 142 valence electrons. The van der Waals surface area contributed by atoms with Crippen LogP contribution in [0.1, 0.15) is 110 Å². The fourth-order valence-corrected chi connectivity index (χ4v) is 2.85. The van der Waals surface area contributed by atoms with Crippen LogP contribution < -0.4 is 5.32 Å². The molecular formula is C20H39NO3. The van der Waals surface area contributed by atoms with Crippen molar-refractivity contribution in [2.45, 2.75) is 110 Å². The minimum Gasteiger partial charge on any atom is -0.376 e. The summed E-state index contributed by atoms with van der Waals surface area (Å²) < 4.78 is 4.53. The Balaban J connectivity index is 3.12. The molecule has 0 aromatic heterocycles. The molecule has 0 aliphatic heterocycles. The molecule has 1 amide bonds. The summed E-state index contributed by atoms with van der Waals surface area (Å²) in [6.07, 6.45) is 19.2. The van der Waals surface area contributed by atoms with Crippen LogP contribution >= 0.6 is 0 Å². The Morgan fingerprint density at radius 1 is 0.667 bits per heavy atom. The second kappa shape index (κ2) is 18.3. The first-order valence-corrected chi connectivity index (χ1v) is 10.1. The molecule has 0 fully saturated rings. The average molecular weight is 342 g/mol. The van der Waals surface area contributed by atoms with Crippen molar-refractivity contribution in [2.75, 3.05) is 7.05 Å². The maximum atomic E-state index is 11.3. The second-order valence-corrected chi connectivity index (χ2v) is 6.71. The van der Waals surface area contributed by atoms with Gasteiger partial charge in [-0.3, -0.25) is 4.79 Å². The van der Waals surface area contributed by atoms with Gasteiger partial charge in [-0.2, -0.15) is 0 Å². The summed E-state index contributed by atoms with van der Waals surface area (Å²) in [7, 11) is 1.45. The predicted octanol–water partition coefficient (Wildman–Crippen LogP) is 6.13. The monoisotopic (exact) mass is 341 g/mol. The maximum absolute atomic E-state index is 11.3. The van der Waals surface area contributed by atoms with E-state index in [1.165, 1.54) is 90.5 Å². The molecule has 0 aromatic rings. The van der Waals surface area contributed by atoms with E-state index >= 15 is 0 Å². The number of rotatable bonds is 16. The number of carbonyl (C=O) groups is 2. The van der Waals surface area contributed by atoms with Gasteiger partial charge in [-0.25, -0.2) is 4.79 Å². The number of carbonyl (C=O) groups excluding carboxylic acids is 2. The van der Waals surface area contributed by atoms with Gasteiger partial charge in [0.25, 0.3) is 0 Å². The van der Waals surface area contributed by atoms with E-state index in [1.807, 2.05) is 0 Å². The fourth-order valence-electron chi connectivity index (χ4n) is 2.85. The Morgan fingerprint density at radius 3 is 1.42 bits per heavy atom. The molecule has 0 spiro atoms. The molecule has 0 heterocycles. The lowest BCUT2D eigenvalue weighted by Crippen LogP contribution is -2.22. The number of esters is 1. The quantitative estimate of drug-likeness (QED) is 0.209. The lowest BCUT2D eigenvalue weighted by molar-refractivity contribution is -0.137. The molecular weight excluding hydrogens is 302 g/mol. The van der Waals surface area contributed by atoms with Gasteiger partial charge >= 0.3 is 12.1 Å². The highest BCUT2D eigenvalue weighted by Crippen LogP contribution is 2.13. The van der Waals surface area contributed by atoms with Crippen molar-refractivity contribution in [1.29, 1.82) is 0 Å². The number of hydrogen-bond donors (Lipinski definition) is 1. The van der Waals surface area contributed by atoms with Crippen LogP contribution in [0, 0.1) is 0 Å². The molecule has 4 heteroatoms. The Morgan fingerprint density at radius 2 is 1.04 bits per heavy atom. The van der Waals surface area contributed by atoms with Crippen molar-refractivity contribution in [3.63, 3.8) is 0 Å². The highest BCUT2D eigenvalue weighted by atomic mass is 16.6. The summed E-state index contributed by atoms with van der Waals surface area (Å²) in [4.78, 5) is 22.1. The Labute approximate surface area is 149 Å². The first-order valence-electron chi connectivity index (χ1n) is 10.1. The number of ether oxygens (including phenoxy) is 1. The van der Waals surface area contributed by atoms with E-state index in [0.717, 1.165) is 12.8 Å². The van der Waals surface area contributed by atoms with Gasteiger partial charge in [0.15, 0.2) is 0 Å². The van der Waals surface area contributed by atoms with Crippen molar-refractivity contribution < 1.29 is 14.3 Å². The van der Waals surface area contributed by atoms with Gasteiger partial charge in [0, 0.05) is 13.5 Å². The molecule has 24 heavy (non-hydrogen) atoms. The number of amides is 1. The normalized spacial score (nSPS) is 10.6. The number of alkyl carbamates (subject to hydrolysis) is 1. The average Bonchev–Trinajstić information content (AvgIpc) is 2.58. The topological polar surface area (TPSA) is 55.4 Å². The minimum absolute atomic E-state index is 0.339. The third-order valence-corrected chi connectivity index (χ3v) is 4.40. The summed E-state index contributed by atoms with van der Waals surface area (Å²) in [5.74, 6) is -0.427. The molecule has 0 unspecified atom stereocenters. The van der Waals surface area contributed by atoms with Gasteiger partial charge in [0.2, 0.25) is 0 Å². The Bertz CT molecular complexity index is 305. The van der Waals surface area contributed by atoms with E-state index < -0.39 is 12.1 Å². The zero-order chi connectivity index (χ0) is 17.9. The zero-order valence-corrected chi connectivity index (χ0v) is 16.0. The summed E-state index contributed by atoms with van der Waals surface area (Å²) in [5.41, 5.74) is 0. The van der Waals surface area contributed by atoms with Crippen LogP contribution in [0.3, 0.4) is 0 Å². The van der Waals surface area contributed by atoms with Gasteiger partial charge in [0.05, 0.1) is 0 Å². The van der Waals surface area contributed by atoms with Crippen molar-refractivity contribution in [3.8, 4) is 0 Å². The fraction of sp³-hybridized carbons (Fsp3) is 0.900. The molecule has 0 aliphatic rings. The van der Waals surface area contributed by atoms with Crippen LogP contribution in [0.5, 0.6) is 0 Å². The van der Waals surface area contributed by atoms with E-state index in [1.54, 1.807) is 0 Å². The van der Waals surface area contributed by atoms with Crippen LogP contribution in [0.25, 0.3) is 0 Å².